The molecule has 2 amide bonds. The van der Waals surface area contributed by atoms with Gasteiger partial charge < -0.3 is 19.5 Å². The van der Waals surface area contributed by atoms with Crippen LogP contribution >= 0.6 is 0 Å². The van der Waals surface area contributed by atoms with Gasteiger partial charge in [-0.15, -0.1) is 0 Å². The van der Waals surface area contributed by atoms with E-state index in [0.29, 0.717) is 25.2 Å². The van der Waals surface area contributed by atoms with Crippen molar-refractivity contribution in [2.75, 3.05) is 36.4 Å². The molecule has 1 saturated heterocycles. The summed E-state index contributed by atoms with van der Waals surface area (Å²) >= 11 is 0. The Morgan fingerprint density at radius 1 is 1.13 bits per heavy atom. The monoisotopic (exact) mass is 403 g/mol. The molecule has 1 N–H and O–H groups in total. The van der Waals surface area contributed by atoms with E-state index in [1.807, 2.05) is 33.8 Å². The van der Waals surface area contributed by atoms with Crippen LogP contribution in [0.15, 0.2) is 42.7 Å². The Morgan fingerprint density at radius 2 is 1.97 bits per heavy atom. The molecule has 154 valence electrons. The second-order valence-electron chi connectivity index (χ2n) is 7.91. The summed E-state index contributed by atoms with van der Waals surface area (Å²) < 4.78 is 1.94. The third kappa shape index (κ3) is 3.30. The number of hydrogen-bond acceptors (Lipinski definition) is 4. The number of anilines is 2. The molecule has 0 aliphatic carbocycles. The standard InChI is InChI=1S/C23H25N5O2/c1-2-16-4-3-9-28-15-20(25-22(16)28)23(30)27-12-10-26(11-13-27)18-6-7-19-17(14-18)5-8-21(29)24-19/h3-4,6-7,9,14-15H,2,5,8,10-13H2,1H3,(H,24,29). The van der Waals surface area contributed by atoms with Gasteiger partial charge >= 0.3 is 0 Å². The van der Waals surface area contributed by atoms with Crippen molar-refractivity contribution in [1.29, 1.82) is 0 Å². The van der Waals surface area contributed by atoms with Crippen molar-refractivity contribution in [2.45, 2.75) is 26.2 Å². The molecule has 30 heavy (non-hydrogen) atoms. The average molecular weight is 403 g/mol. The Kier molecular flexibility index (Phi) is 4.65. The highest BCUT2D eigenvalue weighted by Gasteiger charge is 2.25. The second kappa shape index (κ2) is 7.48. The normalized spacial score (nSPS) is 16.5. The van der Waals surface area contributed by atoms with Crippen LogP contribution in [-0.4, -0.2) is 52.3 Å². The van der Waals surface area contributed by atoms with Crippen molar-refractivity contribution in [1.82, 2.24) is 14.3 Å². The number of nitrogens with one attached hydrogen (secondary N) is 1. The molecule has 0 atom stereocenters. The van der Waals surface area contributed by atoms with Crippen molar-refractivity contribution < 1.29 is 9.59 Å². The highest BCUT2D eigenvalue weighted by Crippen LogP contribution is 2.28. The van der Waals surface area contributed by atoms with Crippen LogP contribution in [-0.2, 0) is 17.6 Å². The second-order valence-corrected chi connectivity index (χ2v) is 7.91. The lowest BCUT2D eigenvalue weighted by Gasteiger charge is -2.36. The maximum Gasteiger partial charge on any atom is 0.274 e. The first kappa shape index (κ1) is 18.7. The zero-order valence-electron chi connectivity index (χ0n) is 17.1. The van der Waals surface area contributed by atoms with E-state index >= 15 is 0 Å². The maximum atomic E-state index is 13.0. The number of carbonyl (C=O) groups excluding carboxylic acids is 2. The zero-order chi connectivity index (χ0) is 20.7. The first-order valence-corrected chi connectivity index (χ1v) is 10.6. The fourth-order valence-electron chi connectivity index (χ4n) is 4.35. The molecule has 4 heterocycles. The van der Waals surface area contributed by atoms with Gasteiger partial charge in [-0.1, -0.05) is 13.0 Å². The van der Waals surface area contributed by atoms with Crippen molar-refractivity contribution in [3.8, 4) is 0 Å². The fraction of sp³-hybridized carbons (Fsp3) is 0.348. The Labute approximate surface area is 175 Å². The van der Waals surface area contributed by atoms with Gasteiger partial charge in [-0.25, -0.2) is 4.98 Å². The van der Waals surface area contributed by atoms with Gasteiger partial charge in [-0.2, -0.15) is 0 Å². The van der Waals surface area contributed by atoms with E-state index in [1.54, 1.807) is 0 Å². The highest BCUT2D eigenvalue weighted by molar-refractivity contribution is 5.94. The van der Waals surface area contributed by atoms with E-state index in [0.717, 1.165) is 48.5 Å². The molecule has 0 unspecified atom stereocenters. The predicted octanol–water partition coefficient (Wildman–Crippen LogP) is 2.74. The molecule has 3 aromatic rings. The SMILES string of the molecule is CCc1cccn2cc(C(=O)N3CCN(c4ccc5c(c4)CCC(=O)N5)CC3)nc12. The lowest BCUT2D eigenvalue weighted by atomic mass is 10.0. The molecule has 0 saturated carbocycles. The third-order valence-electron chi connectivity index (χ3n) is 6.08. The summed E-state index contributed by atoms with van der Waals surface area (Å²) in [5, 5.41) is 2.93. The minimum Gasteiger partial charge on any atom is -0.368 e. The molecule has 0 radical (unpaired) electrons. The minimum atomic E-state index is -0.00597. The lowest BCUT2D eigenvalue weighted by Crippen LogP contribution is -2.49. The van der Waals surface area contributed by atoms with Crippen LogP contribution in [0.2, 0.25) is 0 Å². The number of carbonyl (C=O) groups is 2. The quantitative estimate of drug-likeness (QED) is 0.730. The van der Waals surface area contributed by atoms with Gasteiger partial charge in [-0.05, 0) is 48.2 Å². The van der Waals surface area contributed by atoms with Crippen LogP contribution in [0.3, 0.4) is 0 Å². The van der Waals surface area contributed by atoms with E-state index in [-0.39, 0.29) is 11.8 Å². The Morgan fingerprint density at radius 3 is 2.77 bits per heavy atom. The van der Waals surface area contributed by atoms with E-state index in [2.05, 4.69) is 40.3 Å². The van der Waals surface area contributed by atoms with Gasteiger partial charge in [0, 0.05) is 56.4 Å². The third-order valence-corrected chi connectivity index (χ3v) is 6.08. The number of hydrogen-bond donors (Lipinski definition) is 1. The minimum absolute atomic E-state index is 0.00597. The number of aromatic nitrogens is 2. The van der Waals surface area contributed by atoms with Crippen molar-refractivity contribution in [3.63, 3.8) is 0 Å². The number of amides is 2. The molecule has 0 bridgehead atoms. The number of nitrogens with zero attached hydrogens (tertiary/aromatic N) is 4. The maximum absolute atomic E-state index is 13.0. The smallest absolute Gasteiger partial charge is 0.274 e. The first-order valence-electron chi connectivity index (χ1n) is 10.6. The molecule has 7 nitrogen and oxygen atoms in total. The van der Waals surface area contributed by atoms with Gasteiger partial charge in [0.25, 0.3) is 5.91 Å². The van der Waals surface area contributed by atoms with E-state index in [1.165, 1.54) is 5.56 Å². The largest absolute Gasteiger partial charge is 0.368 e. The number of pyridine rings is 1. The Bertz CT molecular complexity index is 1130. The van der Waals surface area contributed by atoms with Gasteiger partial charge in [0.05, 0.1) is 0 Å². The molecule has 0 spiro atoms. The molecule has 1 fully saturated rings. The number of piperazine rings is 1. The van der Waals surface area contributed by atoms with Crippen LogP contribution < -0.4 is 10.2 Å². The van der Waals surface area contributed by atoms with Crippen molar-refractivity contribution in [2.24, 2.45) is 0 Å². The average Bonchev–Trinajstić information content (AvgIpc) is 3.23. The van der Waals surface area contributed by atoms with Crippen molar-refractivity contribution >= 4 is 28.8 Å². The molecule has 5 rings (SSSR count). The molecule has 7 heteroatoms. The van der Waals surface area contributed by atoms with E-state index in [9.17, 15) is 9.59 Å². The van der Waals surface area contributed by atoms with Crippen LogP contribution in [0.4, 0.5) is 11.4 Å². The van der Waals surface area contributed by atoms with E-state index in [4.69, 9.17) is 0 Å². The molecule has 2 aromatic heterocycles. The number of aryl methyl sites for hydroxylation is 2. The number of benzene rings is 1. The predicted molar refractivity (Wildman–Crippen MR) is 116 cm³/mol. The Balaban J connectivity index is 1.28. The molecule has 2 aliphatic heterocycles. The molecule has 2 aliphatic rings. The molecular weight excluding hydrogens is 378 g/mol. The van der Waals surface area contributed by atoms with Gasteiger partial charge in [0.1, 0.15) is 11.3 Å². The number of imidazole rings is 1. The zero-order valence-corrected chi connectivity index (χ0v) is 17.1. The number of fused-ring (bicyclic) bond motifs is 2. The summed E-state index contributed by atoms with van der Waals surface area (Å²) in [5.41, 5.74) is 5.77. The topological polar surface area (TPSA) is 70.0 Å². The Hall–Kier alpha value is -3.35. The summed E-state index contributed by atoms with van der Waals surface area (Å²) in [6.45, 7) is 5.00. The highest BCUT2D eigenvalue weighted by atomic mass is 16.2. The van der Waals surface area contributed by atoms with Crippen LogP contribution in [0.1, 0.15) is 35.0 Å². The van der Waals surface area contributed by atoms with Crippen molar-refractivity contribution in [3.05, 3.63) is 59.5 Å². The van der Waals surface area contributed by atoms with Crippen LogP contribution in [0.5, 0.6) is 0 Å². The first-order chi connectivity index (χ1) is 14.6. The summed E-state index contributed by atoms with van der Waals surface area (Å²) in [5.74, 6) is 0.0777. The lowest BCUT2D eigenvalue weighted by molar-refractivity contribution is -0.116. The van der Waals surface area contributed by atoms with E-state index < -0.39 is 0 Å². The van der Waals surface area contributed by atoms with Gasteiger partial charge in [-0.3, -0.25) is 9.59 Å². The number of rotatable bonds is 3. The summed E-state index contributed by atoms with van der Waals surface area (Å²) in [7, 11) is 0. The fourth-order valence-corrected chi connectivity index (χ4v) is 4.35. The van der Waals surface area contributed by atoms with Gasteiger partial charge in [0.15, 0.2) is 0 Å². The van der Waals surface area contributed by atoms with Gasteiger partial charge in [0.2, 0.25) is 5.91 Å². The molecule has 1 aromatic carbocycles. The summed E-state index contributed by atoms with van der Waals surface area (Å²) in [4.78, 5) is 33.4. The summed E-state index contributed by atoms with van der Waals surface area (Å²) in [6.07, 6.45) is 5.98. The van der Waals surface area contributed by atoms with Crippen LogP contribution in [0.25, 0.3) is 5.65 Å². The molecular formula is C23H25N5O2. The summed E-state index contributed by atoms with van der Waals surface area (Å²) in [6, 6.07) is 10.3. The van der Waals surface area contributed by atoms with Crippen LogP contribution in [0, 0.1) is 0 Å².